The average molecular weight is 208 g/mol. The molecule has 0 fully saturated rings. The van der Waals surface area contributed by atoms with Crippen molar-refractivity contribution in [2.75, 3.05) is 25.5 Å². The van der Waals surface area contributed by atoms with Crippen molar-refractivity contribution in [3.8, 4) is 5.75 Å². The molecule has 1 aromatic carbocycles. The molecule has 82 valence electrons. The lowest BCUT2D eigenvalue weighted by atomic mass is 10.2. The summed E-state index contributed by atoms with van der Waals surface area (Å²) >= 11 is 0. The molecule has 1 aromatic rings. The van der Waals surface area contributed by atoms with Gasteiger partial charge < -0.3 is 15.3 Å². The van der Waals surface area contributed by atoms with Gasteiger partial charge in [-0.25, -0.2) is 0 Å². The number of hydrogen-bond acceptors (Lipinski definition) is 3. The Morgan fingerprint density at radius 1 is 1.53 bits per heavy atom. The van der Waals surface area contributed by atoms with Gasteiger partial charge in [-0.2, -0.15) is 0 Å². The molecule has 0 saturated heterocycles. The second-order valence-electron chi connectivity index (χ2n) is 3.33. The van der Waals surface area contributed by atoms with Crippen LogP contribution in [0.25, 0.3) is 0 Å². The number of amides is 1. The largest absolute Gasteiger partial charge is 0.508 e. The minimum absolute atomic E-state index is 0.0231. The summed E-state index contributed by atoms with van der Waals surface area (Å²) in [6.07, 6.45) is 0.447. The molecular weight excluding hydrogens is 192 g/mol. The van der Waals surface area contributed by atoms with Crippen LogP contribution in [-0.2, 0) is 4.79 Å². The minimum Gasteiger partial charge on any atom is -0.508 e. The van der Waals surface area contributed by atoms with Gasteiger partial charge in [-0.05, 0) is 19.2 Å². The van der Waals surface area contributed by atoms with E-state index >= 15 is 0 Å². The predicted octanol–water partition coefficient (Wildman–Crippen LogP) is 0.964. The van der Waals surface area contributed by atoms with Crippen LogP contribution in [0.15, 0.2) is 24.3 Å². The molecule has 0 bridgehead atoms. The van der Waals surface area contributed by atoms with E-state index in [1.54, 1.807) is 31.3 Å². The topological polar surface area (TPSA) is 52.6 Å². The summed E-state index contributed by atoms with van der Waals surface area (Å²) in [5.41, 5.74) is 0.705. The van der Waals surface area contributed by atoms with Gasteiger partial charge in [-0.1, -0.05) is 6.07 Å². The van der Waals surface area contributed by atoms with Crippen molar-refractivity contribution in [3.63, 3.8) is 0 Å². The summed E-state index contributed by atoms with van der Waals surface area (Å²) in [4.78, 5) is 13.2. The number of phenols is 1. The molecule has 0 radical (unpaired) electrons. The van der Waals surface area contributed by atoms with Crippen LogP contribution in [0.2, 0.25) is 0 Å². The van der Waals surface area contributed by atoms with Crippen molar-refractivity contribution < 1.29 is 9.90 Å². The zero-order valence-electron chi connectivity index (χ0n) is 9.03. The average Bonchev–Trinajstić information content (AvgIpc) is 2.24. The Kier molecular flexibility index (Phi) is 4.12. The molecule has 4 heteroatoms. The third kappa shape index (κ3) is 3.25. The molecule has 0 heterocycles. The molecule has 1 amide bonds. The van der Waals surface area contributed by atoms with E-state index in [1.165, 1.54) is 4.90 Å². The lowest BCUT2D eigenvalue weighted by Gasteiger charge is -2.17. The maximum Gasteiger partial charge on any atom is 0.227 e. The second-order valence-corrected chi connectivity index (χ2v) is 3.33. The zero-order valence-corrected chi connectivity index (χ0v) is 9.03. The summed E-state index contributed by atoms with van der Waals surface area (Å²) in [6.45, 7) is 0.655. The first kappa shape index (κ1) is 11.5. The van der Waals surface area contributed by atoms with E-state index in [9.17, 15) is 9.90 Å². The molecule has 0 saturated carbocycles. The first-order valence-electron chi connectivity index (χ1n) is 4.85. The summed E-state index contributed by atoms with van der Waals surface area (Å²) < 4.78 is 0. The number of nitrogens with zero attached hydrogens (tertiary/aromatic N) is 1. The van der Waals surface area contributed by atoms with E-state index < -0.39 is 0 Å². The fourth-order valence-corrected chi connectivity index (χ4v) is 1.25. The number of rotatable bonds is 4. The smallest absolute Gasteiger partial charge is 0.227 e. The molecule has 4 nitrogen and oxygen atoms in total. The monoisotopic (exact) mass is 208 g/mol. The normalized spacial score (nSPS) is 10.0. The lowest BCUT2D eigenvalue weighted by Crippen LogP contribution is -2.28. The quantitative estimate of drug-likeness (QED) is 0.775. The van der Waals surface area contributed by atoms with Gasteiger partial charge in [0.2, 0.25) is 5.91 Å². The molecule has 0 aromatic heterocycles. The highest BCUT2D eigenvalue weighted by Gasteiger charge is 2.09. The fourth-order valence-electron chi connectivity index (χ4n) is 1.25. The summed E-state index contributed by atoms with van der Waals surface area (Å²) in [6, 6.07) is 6.65. The highest BCUT2D eigenvalue weighted by atomic mass is 16.3. The van der Waals surface area contributed by atoms with Crippen molar-refractivity contribution in [1.29, 1.82) is 0 Å². The predicted molar refractivity (Wildman–Crippen MR) is 60.1 cm³/mol. The van der Waals surface area contributed by atoms with Gasteiger partial charge in [-0.3, -0.25) is 4.79 Å². The van der Waals surface area contributed by atoms with Crippen LogP contribution in [0.5, 0.6) is 5.75 Å². The standard InChI is InChI=1S/C11H16N2O2/c1-12-7-6-11(15)13(2)9-4-3-5-10(14)8-9/h3-5,8,12,14H,6-7H2,1-2H3. The number of nitrogens with one attached hydrogen (secondary N) is 1. The first-order chi connectivity index (χ1) is 7.15. The SMILES string of the molecule is CNCCC(=O)N(C)c1cccc(O)c1. The molecule has 0 aliphatic rings. The second kappa shape index (κ2) is 5.36. The Bertz CT molecular complexity index is 339. The molecule has 0 spiro atoms. The molecule has 0 aliphatic carbocycles. The fraction of sp³-hybridized carbons (Fsp3) is 0.364. The maximum atomic E-state index is 11.6. The van der Waals surface area contributed by atoms with E-state index in [0.717, 1.165) is 0 Å². The summed E-state index contributed by atoms with van der Waals surface area (Å²) in [5, 5.41) is 12.2. The van der Waals surface area contributed by atoms with Crippen molar-refractivity contribution in [2.45, 2.75) is 6.42 Å². The highest BCUT2D eigenvalue weighted by Crippen LogP contribution is 2.19. The highest BCUT2D eigenvalue weighted by molar-refractivity contribution is 5.93. The van der Waals surface area contributed by atoms with E-state index in [4.69, 9.17) is 0 Å². The molecule has 0 unspecified atom stereocenters. The van der Waals surface area contributed by atoms with Crippen LogP contribution in [0.4, 0.5) is 5.69 Å². The van der Waals surface area contributed by atoms with Crippen molar-refractivity contribution >= 4 is 11.6 Å². The van der Waals surface area contributed by atoms with Crippen LogP contribution in [-0.4, -0.2) is 31.7 Å². The maximum absolute atomic E-state index is 11.6. The third-order valence-corrected chi connectivity index (χ3v) is 2.18. The van der Waals surface area contributed by atoms with Gasteiger partial charge in [0.15, 0.2) is 0 Å². The van der Waals surface area contributed by atoms with Crippen LogP contribution in [0.1, 0.15) is 6.42 Å². The molecule has 2 N–H and O–H groups in total. The number of anilines is 1. The van der Waals surface area contributed by atoms with Crippen LogP contribution < -0.4 is 10.2 Å². The molecule has 0 aliphatic heterocycles. The third-order valence-electron chi connectivity index (χ3n) is 2.18. The van der Waals surface area contributed by atoms with E-state index in [0.29, 0.717) is 18.7 Å². The molecular formula is C11H16N2O2. The van der Waals surface area contributed by atoms with Gasteiger partial charge in [0.1, 0.15) is 5.75 Å². The Morgan fingerprint density at radius 2 is 2.27 bits per heavy atom. The van der Waals surface area contributed by atoms with Gasteiger partial charge >= 0.3 is 0 Å². The number of carbonyl (C=O) groups excluding carboxylic acids is 1. The van der Waals surface area contributed by atoms with Crippen molar-refractivity contribution in [3.05, 3.63) is 24.3 Å². The molecule has 1 rings (SSSR count). The van der Waals surface area contributed by atoms with Crippen molar-refractivity contribution in [2.24, 2.45) is 0 Å². The van der Waals surface area contributed by atoms with Crippen LogP contribution in [0, 0.1) is 0 Å². The number of phenolic OH excluding ortho intramolecular Hbond substituents is 1. The van der Waals surface area contributed by atoms with Crippen LogP contribution >= 0.6 is 0 Å². The number of benzene rings is 1. The number of hydrogen-bond donors (Lipinski definition) is 2. The van der Waals surface area contributed by atoms with E-state index in [-0.39, 0.29) is 11.7 Å². The molecule has 0 atom stereocenters. The Morgan fingerprint density at radius 3 is 2.87 bits per heavy atom. The van der Waals surface area contributed by atoms with Crippen LogP contribution in [0.3, 0.4) is 0 Å². The Hall–Kier alpha value is -1.55. The lowest BCUT2D eigenvalue weighted by molar-refractivity contribution is -0.118. The summed E-state index contributed by atoms with van der Waals surface area (Å²) in [7, 11) is 3.51. The Labute approximate surface area is 89.5 Å². The van der Waals surface area contributed by atoms with Gasteiger partial charge in [0, 0.05) is 31.8 Å². The van der Waals surface area contributed by atoms with E-state index in [2.05, 4.69) is 5.32 Å². The van der Waals surface area contributed by atoms with Gasteiger partial charge in [-0.15, -0.1) is 0 Å². The molecule has 15 heavy (non-hydrogen) atoms. The summed E-state index contributed by atoms with van der Waals surface area (Å²) in [5.74, 6) is 0.190. The number of carbonyl (C=O) groups is 1. The van der Waals surface area contributed by atoms with E-state index in [1.807, 2.05) is 7.05 Å². The van der Waals surface area contributed by atoms with Gasteiger partial charge in [0.05, 0.1) is 0 Å². The minimum atomic E-state index is 0.0231. The zero-order chi connectivity index (χ0) is 11.3. The first-order valence-corrected chi connectivity index (χ1v) is 4.85. The van der Waals surface area contributed by atoms with Crippen molar-refractivity contribution in [1.82, 2.24) is 5.32 Å². The van der Waals surface area contributed by atoms with Gasteiger partial charge in [0.25, 0.3) is 0 Å². The Balaban J connectivity index is 2.67. The number of aromatic hydroxyl groups is 1.